The minimum atomic E-state index is -4.02. The summed E-state index contributed by atoms with van der Waals surface area (Å²) in [5.74, 6) is -1.32. The number of rotatable bonds is 3. The second-order valence-corrected chi connectivity index (χ2v) is 4.40. The highest BCUT2D eigenvalue weighted by Crippen LogP contribution is 2.43. The van der Waals surface area contributed by atoms with Gasteiger partial charge in [-0.2, -0.15) is 13.2 Å². The first-order chi connectivity index (χ1) is 7.00. The Bertz CT molecular complexity index is 187. The van der Waals surface area contributed by atoms with Crippen LogP contribution in [0.2, 0.25) is 0 Å². The normalized spacial score (nSPS) is 30.2. The van der Waals surface area contributed by atoms with Gasteiger partial charge in [0.2, 0.25) is 0 Å². The zero-order chi connectivity index (χ0) is 11.5. The highest BCUT2D eigenvalue weighted by atomic mass is 19.4. The number of alkyl halides is 3. The molecule has 1 saturated carbocycles. The molecule has 3 atom stereocenters. The molecule has 0 amide bonds. The van der Waals surface area contributed by atoms with E-state index in [2.05, 4.69) is 5.32 Å². The van der Waals surface area contributed by atoms with Crippen LogP contribution in [0.4, 0.5) is 13.2 Å². The van der Waals surface area contributed by atoms with Gasteiger partial charge in [-0.15, -0.1) is 0 Å². The number of halogens is 3. The summed E-state index contributed by atoms with van der Waals surface area (Å²) in [6, 6.07) is 0.0110. The van der Waals surface area contributed by atoms with Crippen LogP contribution in [0.5, 0.6) is 0 Å². The van der Waals surface area contributed by atoms with Crippen molar-refractivity contribution in [3.8, 4) is 0 Å². The molecule has 1 aliphatic rings. The molecule has 0 spiro atoms. The second-order valence-electron chi connectivity index (χ2n) is 4.40. The third-order valence-corrected chi connectivity index (χ3v) is 3.57. The van der Waals surface area contributed by atoms with Gasteiger partial charge >= 0.3 is 6.18 Å². The van der Waals surface area contributed by atoms with Crippen LogP contribution in [-0.4, -0.2) is 19.3 Å². The Kier molecular flexibility index (Phi) is 4.44. The first kappa shape index (κ1) is 12.8. The molecule has 0 aromatic carbocycles. The van der Waals surface area contributed by atoms with Crippen LogP contribution in [0.1, 0.15) is 39.0 Å². The zero-order valence-corrected chi connectivity index (χ0v) is 9.40. The first-order valence-electron chi connectivity index (χ1n) is 5.74. The van der Waals surface area contributed by atoms with Crippen molar-refractivity contribution in [2.75, 3.05) is 7.05 Å². The van der Waals surface area contributed by atoms with E-state index in [9.17, 15) is 13.2 Å². The van der Waals surface area contributed by atoms with Crippen LogP contribution in [0.3, 0.4) is 0 Å². The molecule has 1 aliphatic carbocycles. The highest BCUT2D eigenvalue weighted by Gasteiger charge is 2.47. The fourth-order valence-electron chi connectivity index (χ4n) is 2.77. The average molecular weight is 223 g/mol. The maximum absolute atomic E-state index is 12.8. The van der Waals surface area contributed by atoms with Crippen molar-refractivity contribution in [2.45, 2.75) is 51.2 Å². The molecular formula is C11H20F3N. The van der Waals surface area contributed by atoms with E-state index in [-0.39, 0.29) is 12.0 Å². The van der Waals surface area contributed by atoms with Crippen molar-refractivity contribution < 1.29 is 13.2 Å². The summed E-state index contributed by atoms with van der Waals surface area (Å²) in [5.41, 5.74) is 0. The van der Waals surface area contributed by atoms with Crippen LogP contribution >= 0.6 is 0 Å². The molecule has 0 saturated heterocycles. The second kappa shape index (κ2) is 5.19. The van der Waals surface area contributed by atoms with E-state index in [1.54, 1.807) is 7.05 Å². The predicted octanol–water partition coefficient (Wildman–Crippen LogP) is 3.35. The lowest BCUT2D eigenvalue weighted by atomic mass is 9.74. The maximum atomic E-state index is 12.8. The van der Waals surface area contributed by atoms with E-state index in [1.807, 2.05) is 6.92 Å². The Morgan fingerprint density at radius 3 is 2.33 bits per heavy atom. The molecule has 1 rings (SSSR count). The Morgan fingerprint density at radius 1 is 1.27 bits per heavy atom. The van der Waals surface area contributed by atoms with E-state index in [0.29, 0.717) is 12.8 Å². The van der Waals surface area contributed by atoms with E-state index >= 15 is 0 Å². The fraction of sp³-hybridized carbons (Fsp3) is 1.00. The van der Waals surface area contributed by atoms with Crippen molar-refractivity contribution in [1.29, 1.82) is 0 Å². The minimum absolute atomic E-state index is 0.0110. The molecule has 15 heavy (non-hydrogen) atoms. The molecule has 0 aromatic rings. The molecule has 0 aliphatic heterocycles. The highest BCUT2D eigenvalue weighted by molar-refractivity contribution is 4.87. The maximum Gasteiger partial charge on any atom is 0.392 e. The van der Waals surface area contributed by atoms with Gasteiger partial charge in [0, 0.05) is 6.04 Å². The number of hydrogen-bond donors (Lipinski definition) is 1. The van der Waals surface area contributed by atoms with E-state index < -0.39 is 12.1 Å². The van der Waals surface area contributed by atoms with Crippen LogP contribution in [-0.2, 0) is 0 Å². The summed E-state index contributed by atoms with van der Waals surface area (Å²) in [7, 11) is 1.76. The van der Waals surface area contributed by atoms with E-state index in [4.69, 9.17) is 0 Å². The summed E-state index contributed by atoms with van der Waals surface area (Å²) in [6.07, 6.45) is -0.560. The monoisotopic (exact) mass is 223 g/mol. The molecule has 1 nitrogen and oxygen atoms in total. The summed E-state index contributed by atoms with van der Waals surface area (Å²) >= 11 is 0. The van der Waals surface area contributed by atoms with Gasteiger partial charge < -0.3 is 5.32 Å². The summed E-state index contributed by atoms with van der Waals surface area (Å²) in [4.78, 5) is 0. The lowest BCUT2D eigenvalue weighted by Gasteiger charge is -2.37. The predicted molar refractivity (Wildman–Crippen MR) is 54.6 cm³/mol. The van der Waals surface area contributed by atoms with Gasteiger partial charge in [0.05, 0.1) is 5.92 Å². The molecule has 0 heterocycles. The van der Waals surface area contributed by atoms with Crippen molar-refractivity contribution in [1.82, 2.24) is 5.32 Å². The van der Waals surface area contributed by atoms with Gasteiger partial charge in [-0.1, -0.05) is 19.8 Å². The van der Waals surface area contributed by atoms with Gasteiger partial charge in [0.1, 0.15) is 0 Å². The standard InChI is InChI=1S/C11H20F3N/c1-3-10(15-2)8-6-4-5-7-9(8)11(12,13)14/h8-10,15H,3-7H2,1-2H3. The van der Waals surface area contributed by atoms with Gasteiger partial charge in [-0.3, -0.25) is 0 Å². The van der Waals surface area contributed by atoms with Gasteiger partial charge in [-0.25, -0.2) is 0 Å². The molecule has 3 unspecified atom stereocenters. The largest absolute Gasteiger partial charge is 0.392 e. The molecule has 1 N–H and O–H groups in total. The molecular weight excluding hydrogens is 203 g/mol. The third-order valence-electron chi connectivity index (χ3n) is 3.57. The van der Waals surface area contributed by atoms with E-state index in [1.165, 1.54) is 0 Å². The van der Waals surface area contributed by atoms with Crippen molar-refractivity contribution in [3.05, 3.63) is 0 Å². The Morgan fingerprint density at radius 2 is 1.87 bits per heavy atom. The Hall–Kier alpha value is -0.250. The summed E-state index contributed by atoms with van der Waals surface area (Å²) < 4.78 is 38.4. The van der Waals surface area contributed by atoms with Crippen molar-refractivity contribution >= 4 is 0 Å². The third kappa shape index (κ3) is 3.10. The first-order valence-corrected chi connectivity index (χ1v) is 5.74. The van der Waals surface area contributed by atoms with Gasteiger partial charge in [-0.05, 0) is 32.2 Å². The quantitative estimate of drug-likeness (QED) is 0.773. The van der Waals surface area contributed by atoms with E-state index in [0.717, 1.165) is 19.3 Å². The molecule has 90 valence electrons. The zero-order valence-electron chi connectivity index (χ0n) is 9.40. The van der Waals surface area contributed by atoms with Crippen molar-refractivity contribution in [3.63, 3.8) is 0 Å². The topological polar surface area (TPSA) is 12.0 Å². The van der Waals surface area contributed by atoms with Crippen LogP contribution in [0.25, 0.3) is 0 Å². The minimum Gasteiger partial charge on any atom is -0.317 e. The van der Waals surface area contributed by atoms with Gasteiger partial charge in [0.25, 0.3) is 0 Å². The average Bonchev–Trinajstić information content (AvgIpc) is 2.19. The number of nitrogens with one attached hydrogen (secondary N) is 1. The fourth-order valence-corrected chi connectivity index (χ4v) is 2.77. The van der Waals surface area contributed by atoms with Crippen molar-refractivity contribution in [2.24, 2.45) is 11.8 Å². The smallest absolute Gasteiger partial charge is 0.317 e. The molecule has 1 fully saturated rings. The lowest BCUT2D eigenvalue weighted by Crippen LogP contribution is -2.44. The summed E-state index contributed by atoms with van der Waals surface area (Å²) in [5, 5.41) is 3.02. The van der Waals surface area contributed by atoms with Crippen LogP contribution < -0.4 is 5.32 Å². The van der Waals surface area contributed by atoms with Crippen LogP contribution in [0.15, 0.2) is 0 Å². The van der Waals surface area contributed by atoms with Gasteiger partial charge in [0.15, 0.2) is 0 Å². The number of hydrogen-bond acceptors (Lipinski definition) is 1. The lowest BCUT2D eigenvalue weighted by molar-refractivity contribution is -0.199. The molecule has 0 radical (unpaired) electrons. The van der Waals surface area contributed by atoms with Crippen LogP contribution in [0, 0.1) is 11.8 Å². The molecule has 0 aromatic heterocycles. The Balaban J connectivity index is 2.73. The molecule has 4 heteroatoms. The molecule has 0 bridgehead atoms. The summed E-state index contributed by atoms with van der Waals surface area (Å²) in [6.45, 7) is 1.95. The Labute approximate surface area is 89.4 Å². The SMILES string of the molecule is CCC(NC)C1CCCCC1C(F)(F)F.